The molecule has 3 heterocycles. The van der Waals surface area contributed by atoms with E-state index in [1.165, 1.54) is 0 Å². The van der Waals surface area contributed by atoms with Crippen LogP contribution in [0.15, 0.2) is 59.5 Å². The Hall–Kier alpha value is -3.00. The summed E-state index contributed by atoms with van der Waals surface area (Å²) in [6, 6.07) is 12.1. The summed E-state index contributed by atoms with van der Waals surface area (Å²) >= 11 is 3.53. The number of fused-ring (bicyclic) bond motifs is 1. The Morgan fingerprint density at radius 3 is 2.59 bits per heavy atom. The van der Waals surface area contributed by atoms with Crippen LogP contribution in [0, 0.1) is 0 Å². The van der Waals surface area contributed by atoms with Gasteiger partial charge in [-0.25, -0.2) is 15.0 Å². The molecule has 0 aliphatic heterocycles. The van der Waals surface area contributed by atoms with Gasteiger partial charge in [-0.1, -0.05) is 30.3 Å². The van der Waals surface area contributed by atoms with Gasteiger partial charge in [0.2, 0.25) is 5.95 Å². The third-order valence-corrected chi connectivity index (χ3v) is 4.71. The van der Waals surface area contributed by atoms with Gasteiger partial charge in [0.15, 0.2) is 5.65 Å². The van der Waals surface area contributed by atoms with Crippen molar-refractivity contribution in [3.8, 4) is 11.3 Å². The molecule has 0 spiro atoms. The minimum atomic E-state index is 0.622. The zero-order valence-electron chi connectivity index (χ0n) is 14.7. The molecule has 4 rings (SSSR count). The lowest BCUT2D eigenvalue weighted by atomic mass is 10.1. The summed E-state index contributed by atoms with van der Waals surface area (Å²) in [5.41, 5.74) is 3.80. The van der Waals surface area contributed by atoms with E-state index in [1.54, 1.807) is 17.8 Å². The van der Waals surface area contributed by atoms with E-state index in [0.29, 0.717) is 5.95 Å². The molecule has 0 saturated carbocycles. The minimum Gasteiger partial charge on any atom is -0.370 e. The van der Waals surface area contributed by atoms with Crippen molar-refractivity contribution in [3.05, 3.63) is 65.0 Å². The maximum absolute atomic E-state index is 4.74. The first-order valence-electron chi connectivity index (χ1n) is 8.57. The number of benzene rings is 1. The van der Waals surface area contributed by atoms with Crippen molar-refractivity contribution in [1.82, 2.24) is 24.6 Å². The molecule has 0 bridgehead atoms. The van der Waals surface area contributed by atoms with E-state index >= 15 is 0 Å². The number of hydrogen-bond donors (Lipinski definition) is 2. The van der Waals surface area contributed by atoms with Crippen molar-refractivity contribution in [3.63, 3.8) is 0 Å². The summed E-state index contributed by atoms with van der Waals surface area (Å²) < 4.78 is 2.66. The van der Waals surface area contributed by atoms with Gasteiger partial charge >= 0.3 is 0 Å². The van der Waals surface area contributed by atoms with Gasteiger partial charge < -0.3 is 10.6 Å². The summed E-state index contributed by atoms with van der Waals surface area (Å²) in [6.45, 7) is 0.729. The van der Waals surface area contributed by atoms with Gasteiger partial charge in [0.1, 0.15) is 5.82 Å². The Morgan fingerprint density at radius 2 is 1.85 bits per heavy atom. The molecular formula is C19H18BrN7. The molecule has 0 amide bonds. The lowest BCUT2D eigenvalue weighted by Gasteiger charge is -2.11. The van der Waals surface area contributed by atoms with Gasteiger partial charge in [0.25, 0.3) is 0 Å². The second-order valence-electron chi connectivity index (χ2n) is 5.96. The number of halogens is 1. The van der Waals surface area contributed by atoms with E-state index in [1.807, 2.05) is 48.8 Å². The van der Waals surface area contributed by atoms with Crippen LogP contribution in [0.1, 0.15) is 5.56 Å². The smallest absolute Gasteiger partial charge is 0.222 e. The van der Waals surface area contributed by atoms with Crippen molar-refractivity contribution < 1.29 is 0 Å². The minimum absolute atomic E-state index is 0.622. The molecule has 0 radical (unpaired) electrons. The molecule has 8 heteroatoms. The molecule has 3 aromatic heterocycles. The lowest BCUT2D eigenvalue weighted by molar-refractivity contribution is 0.909. The summed E-state index contributed by atoms with van der Waals surface area (Å²) in [6.07, 6.45) is 6.23. The van der Waals surface area contributed by atoms with E-state index < -0.39 is 0 Å². The molecule has 0 aliphatic rings. The van der Waals surface area contributed by atoms with Crippen LogP contribution in [0.4, 0.5) is 11.8 Å². The van der Waals surface area contributed by atoms with Crippen molar-refractivity contribution in [2.75, 3.05) is 24.2 Å². The van der Waals surface area contributed by atoms with Crippen molar-refractivity contribution in [2.24, 2.45) is 0 Å². The molecule has 0 fully saturated rings. The highest BCUT2D eigenvalue weighted by molar-refractivity contribution is 9.10. The van der Waals surface area contributed by atoms with Crippen LogP contribution >= 0.6 is 15.9 Å². The Morgan fingerprint density at radius 1 is 1.07 bits per heavy atom. The van der Waals surface area contributed by atoms with Crippen LogP contribution in [0.3, 0.4) is 0 Å². The van der Waals surface area contributed by atoms with Crippen molar-refractivity contribution in [2.45, 2.75) is 6.42 Å². The molecule has 0 saturated heterocycles. The molecule has 1 aromatic carbocycles. The zero-order chi connectivity index (χ0) is 18.6. The maximum atomic E-state index is 4.74. The number of nitrogens with zero attached hydrogens (tertiary/aromatic N) is 5. The number of aromatic nitrogens is 5. The third-order valence-electron chi connectivity index (χ3n) is 4.15. The second-order valence-corrected chi connectivity index (χ2v) is 6.82. The fraction of sp³-hybridized carbons (Fsp3) is 0.158. The molecule has 2 N–H and O–H groups in total. The monoisotopic (exact) mass is 423 g/mol. The number of hydrogen-bond acceptors (Lipinski definition) is 6. The quantitative estimate of drug-likeness (QED) is 0.492. The van der Waals surface area contributed by atoms with Gasteiger partial charge in [-0.2, -0.15) is 9.61 Å². The number of anilines is 2. The predicted octanol–water partition coefficient (Wildman–Crippen LogP) is 3.65. The first-order chi connectivity index (χ1) is 13.2. The summed E-state index contributed by atoms with van der Waals surface area (Å²) in [5, 5.41) is 10.8. The fourth-order valence-electron chi connectivity index (χ4n) is 2.77. The molecule has 0 aliphatic carbocycles. The van der Waals surface area contributed by atoms with E-state index in [4.69, 9.17) is 4.98 Å². The van der Waals surface area contributed by atoms with Crippen LogP contribution in [0.5, 0.6) is 0 Å². The molecule has 136 valence electrons. The Balaban J connectivity index is 1.58. The third kappa shape index (κ3) is 3.75. The first-order valence-corrected chi connectivity index (χ1v) is 9.36. The highest BCUT2D eigenvalue weighted by Crippen LogP contribution is 2.25. The van der Waals surface area contributed by atoms with E-state index in [9.17, 15) is 0 Å². The maximum Gasteiger partial charge on any atom is 0.222 e. The zero-order valence-corrected chi connectivity index (χ0v) is 16.3. The molecule has 0 unspecified atom stereocenters. The largest absolute Gasteiger partial charge is 0.370 e. The molecule has 4 aromatic rings. The van der Waals surface area contributed by atoms with Gasteiger partial charge in [-0.3, -0.25) is 0 Å². The highest BCUT2D eigenvalue weighted by Gasteiger charge is 2.11. The fourth-order valence-corrected chi connectivity index (χ4v) is 3.11. The topological polar surface area (TPSA) is 80.0 Å². The number of nitrogens with one attached hydrogen (secondary N) is 2. The van der Waals surface area contributed by atoms with Gasteiger partial charge in [0.05, 0.1) is 16.4 Å². The molecule has 0 atom stereocenters. The average molecular weight is 424 g/mol. The Bertz CT molecular complexity index is 1050. The highest BCUT2D eigenvalue weighted by atomic mass is 79.9. The summed E-state index contributed by atoms with van der Waals surface area (Å²) in [4.78, 5) is 13.2. The van der Waals surface area contributed by atoms with Crippen molar-refractivity contribution >= 4 is 33.3 Å². The lowest BCUT2D eigenvalue weighted by Crippen LogP contribution is -2.10. The van der Waals surface area contributed by atoms with E-state index in [0.717, 1.165) is 45.7 Å². The SMILES string of the molecule is CNc1ncc(CCNc2cc(-c3ccccc3)nc3c(Br)cnn23)cn1. The van der Waals surface area contributed by atoms with Gasteiger partial charge in [-0.05, 0) is 27.9 Å². The van der Waals surface area contributed by atoms with Crippen LogP contribution in [-0.4, -0.2) is 38.2 Å². The van der Waals surface area contributed by atoms with Crippen LogP contribution in [0.2, 0.25) is 0 Å². The van der Waals surface area contributed by atoms with Gasteiger partial charge in [-0.15, -0.1) is 0 Å². The van der Waals surface area contributed by atoms with Crippen LogP contribution in [-0.2, 0) is 6.42 Å². The Labute approximate surface area is 165 Å². The van der Waals surface area contributed by atoms with Crippen molar-refractivity contribution in [1.29, 1.82) is 0 Å². The predicted molar refractivity (Wildman–Crippen MR) is 110 cm³/mol. The van der Waals surface area contributed by atoms with E-state index in [-0.39, 0.29) is 0 Å². The first kappa shape index (κ1) is 17.4. The second kappa shape index (κ2) is 7.71. The van der Waals surface area contributed by atoms with Crippen LogP contribution in [0.25, 0.3) is 16.9 Å². The summed E-state index contributed by atoms with van der Waals surface area (Å²) in [5.74, 6) is 1.51. The Kier molecular flexibility index (Phi) is 4.97. The number of rotatable bonds is 6. The average Bonchev–Trinajstić information content (AvgIpc) is 3.10. The van der Waals surface area contributed by atoms with E-state index in [2.05, 4.69) is 41.6 Å². The normalized spacial score (nSPS) is 10.9. The molecular weight excluding hydrogens is 406 g/mol. The summed E-state index contributed by atoms with van der Waals surface area (Å²) in [7, 11) is 1.80. The molecule has 7 nitrogen and oxygen atoms in total. The van der Waals surface area contributed by atoms with Gasteiger partial charge in [0, 0.05) is 37.6 Å². The molecule has 27 heavy (non-hydrogen) atoms. The standard InChI is InChI=1S/C19H18BrN7/c1-21-19-23-10-13(11-24-19)7-8-22-17-9-16(14-5-3-2-4-6-14)26-18-15(20)12-25-27(17)18/h2-6,9-12,22H,7-8H2,1H3,(H,21,23,24). The van der Waals surface area contributed by atoms with Crippen LogP contribution < -0.4 is 10.6 Å².